The van der Waals surface area contributed by atoms with Crippen LogP contribution in [0, 0.1) is 5.92 Å². The summed E-state index contributed by atoms with van der Waals surface area (Å²) in [7, 11) is 1.23. The van der Waals surface area contributed by atoms with Gasteiger partial charge in [0, 0.05) is 12.5 Å². The Morgan fingerprint density at radius 3 is 2.47 bits per heavy atom. The Morgan fingerprint density at radius 1 is 1.37 bits per heavy atom. The van der Waals surface area contributed by atoms with Crippen molar-refractivity contribution in [1.29, 1.82) is 0 Å². The lowest BCUT2D eigenvalue weighted by Crippen LogP contribution is -2.52. The molecule has 0 saturated heterocycles. The van der Waals surface area contributed by atoms with Gasteiger partial charge < -0.3 is 20.5 Å². The fraction of sp³-hybridized carbons (Fsp3) is 0.750. The first-order chi connectivity index (χ1) is 8.92. The van der Waals surface area contributed by atoms with E-state index in [4.69, 9.17) is 5.11 Å². The number of amides is 2. The van der Waals surface area contributed by atoms with Crippen molar-refractivity contribution in [2.75, 3.05) is 7.11 Å². The minimum Gasteiger partial charge on any atom is -0.480 e. The van der Waals surface area contributed by atoms with Gasteiger partial charge in [-0.05, 0) is 25.2 Å². The first-order valence-electron chi connectivity index (χ1n) is 6.29. The summed E-state index contributed by atoms with van der Waals surface area (Å²) in [6, 6.07) is -1.48. The van der Waals surface area contributed by atoms with Gasteiger partial charge in [0.1, 0.15) is 6.04 Å². The molecule has 1 aliphatic carbocycles. The molecule has 1 saturated carbocycles. The van der Waals surface area contributed by atoms with Crippen LogP contribution in [0.3, 0.4) is 0 Å². The smallest absolute Gasteiger partial charge is 0.326 e. The highest BCUT2D eigenvalue weighted by Gasteiger charge is 2.28. The molecule has 7 nitrogen and oxygen atoms in total. The van der Waals surface area contributed by atoms with Crippen molar-refractivity contribution in [2.24, 2.45) is 5.92 Å². The van der Waals surface area contributed by atoms with Crippen LogP contribution < -0.4 is 10.6 Å². The van der Waals surface area contributed by atoms with Crippen LogP contribution in [0.4, 0.5) is 4.79 Å². The predicted octanol–water partition coefficient (Wildman–Crippen LogP) is 0.491. The summed E-state index contributed by atoms with van der Waals surface area (Å²) in [5.41, 5.74) is 0. The third kappa shape index (κ3) is 5.15. The number of aliphatic carboxylic acids is 1. The minimum atomic E-state index is -1.17. The molecule has 19 heavy (non-hydrogen) atoms. The average molecular weight is 272 g/mol. The Labute approximate surface area is 111 Å². The van der Waals surface area contributed by atoms with Gasteiger partial charge in [-0.3, -0.25) is 4.79 Å². The first-order valence-corrected chi connectivity index (χ1v) is 6.29. The standard InChI is InChI=1S/C12H20N2O5/c1-7-5-8(6-7)13-12(18)14-9(11(16)17)3-4-10(15)19-2/h7-9H,3-6H2,1-2H3,(H,16,17)(H2,13,14,18)/t7?,8?,9-/m1/s1. The molecule has 7 heteroatoms. The zero-order chi connectivity index (χ0) is 14.4. The summed E-state index contributed by atoms with van der Waals surface area (Å²) in [4.78, 5) is 33.5. The number of carbonyl (C=O) groups is 3. The maximum Gasteiger partial charge on any atom is 0.326 e. The molecule has 0 aromatic heterocycles. The molecule has 0 bridgehead atoms. The van der Waals surface area contributed by atoms with Crippen LogP contribution in [0.15, 0.2) is 0 Å². The average Bonchev–Trinajstić information content (AvgIpc) is 2.31. The van der Waals surface area contributed by atoms with E-state index < -0.39 is 24.0 Å². The number of esters is 1. The molecule has 0 radical (unpaired) electrons. The second kappa shape index (κ2) is 6.96. The lowest BCUT2D eigenvalue weighted by atomic mass is 9.82. The normalized spacial score (nSPS) is 22.8. The highest BCUT2D eigenvalue weighted by atomic mass is 16.5. The van der Waals surface area contributed by atoms with E-state index in [0.29, 0.717) is 5.92 Å². The number of hydrogen-bond donors (Lipinski definition) is 3. The van der Waals surface area contributed by atoms with E-state index in [9.17, 15) is 14.4 Å². The van der Waals surface area contributed by atoms with Gasteiger partial charge >= 0.3 is 18.0 Å². The van der Waals surface area contributed by atoms with Crippen molar-refractivity contribution in [3.05, 3.63) is 0 Å². The number of rotatable bonds is 6. The van der Waals surface area contributed by atoms with Crippen LogP contribution in [0.5, 0.6) is 0 Å². The third-order valence-corrected chi connectivity index (χ3v) is 3.18. The van der Waals surface area contributed by atoms with E-state index in [1.807, 2.05) is 0 Å². The van der Waals surface area contributed by atoms with E-state index in [-0.39, 0.29) is 18.9 Å². The van der Waals surface area contributed by atoms with E-state index in [1.54, 1.807) is 0 Å². The van der Waals surface area contributed by atoms with Gasteiger partial charge in [-0.2, -0.15) is 0 Å². The summed E-state index contributed by atoms with van der Waals surface area (Å²) in [6.45, 7) is 2.09. The van der Waals surface area contributed by atoms with Gasteiger partial charge in [-0.1, -0.05) is 6.92 Å². The van der Waals surface area contributed by atoms with Crippen LogP contribution in [-0.2, 0) is 14.3 Å². The number of nitrogens with one attached hydrogen (secondary N) is 2. The molecule has 108 valence electrons. The second-order valence-electron chi connectivity index (χ2n) is 4.90. The summed E-state index contributed by atoms with van der Waals surface area (Å²) < 4.78 is 4.43. The zero-order valence-corrected chi connectivity index (χ0v) is 11.1. The van der Waals surface area contributed by atoms with E-state index in [0.717, 1.165) is 12.8 Å². The number of hydrogen-bond acceptors (Lipinski definition) is 4. The Hall–Kier alpha value is -1.79. The molecular weight excluding hydrogens is 252 g/mol. The molecule has 1 aliphatic rings. The Morgan fingerprint density at radius 2 is 2.00 bits per heavy atom. The van der Waals surface area contributed by atoms with Crippen molar-refractivity contribution < 1.29 is 24.2 Å². The van der Waals surface area contributed by atoms with Crippen molar-refractivity contribution in [3.63, 3.8) is 0 Å². The molecule has 0 spiro atoms. The summed E-state index contributed by atoms with van der Waals surface area (Å²) in [5.74, 6) is -1.07. The van der Waals surface area contributed by atoms with Gasteiger partial charge in [0.05, 0.1) is 7.11 Å². The van der Waals surface area contributed by atoms with Gasteiger partial charge in [-0.15, -0.1) is 0 Å². The van der Waals surface area contributed by atoms with Crippen LogP contribution >= 0.6 is 0 Å². The fourth-order valence-electron chi connectivity index (χ4n) is 2.03. The van der Waals surface area contributed by atoms with Crippen molar-refractivity contribution in [3.8, 4) is 0 Å². The van der Waals surface area contributed by atoms with E-state index >= 15 is 0 Å². The molecule has 0 aliphatic heterocycles. The number of methoxy groups -OCH3 is 1. The summed E-state index contributed by atoms with van der Waals surface area (Å²) in [5, 5.41) is 14.0. The topological polar surface area (TPSA) is 105 Å². The van der Waals surface area contributed by atoms with Crippen molar-refractivity contribution in [1.82, 2.24) is 10.6 Å². The molecule has 3 N–H and O–H groups in total. The summed E-state index contributed by atoms with van der Waals surface area (Å²) in [6.07, 6.45) is 1.78. The SMILES string of the molecule is COC(=O)CC[C@@H](NC(=O)NC1CC(C)C1)C(=O)O. The van der Waals surface area contributed by atoms with Crippen LogP contribution in [-0.4, -0.2) is 42.3 Å². The monoisotopic (exact) mass is 272 g/mol. The van der Waals surface area contributed by atoms with Crippen LogP contribution in [0.2, 0.25) is 0 Å². The van der Waals surface area contributed by atoms with Gasteiger partial charge in [-0.25, -0.2) is 9.59 Å². The van der Waals surface area contributed by atoms with Gasteiger partial charge in [0.25, 0.3) is 0 Å². The van der Waals surface area contributed by atoms with Crippen LogP contribution in [0.1, 0.15) is 32.6 Å². The molecule has 0 heterocycles. The minimum absolute atomic E-state index is 0.0104. The number of ether oxygens (including phenoxy) is 1. The van der Waals surface area contributed by atoms with E-state index in [2.05, 4.69) is 22.3 Å². The van der Waals surface area contributed by atoms with Gasteiger partial charge in [0.15, 0.2) is 0 Å². The second-order valence-corrected chi connectivity index (χ2v) is 4.90. The quantitative estimate of drug-likeness (QED) is 0.610. The lowest BCUT2D eigenvalue weighted by Gasteiger charge is -2.33. The molecule has 1 atom stereocenters. The molecule has 0 aromatic carbocycles. The largest absolute Gasteiger partial charge is 0.480 e. The van der Waals surface area contributed by atoms with E-state index in [1.165, 1.54) is 7.11 Å². The number of carbonyl (C=O) groups excluding carboxylic acids is 2. The lowest BCUT2D eigenvalue weighted by molar-refractivity contribution is -0.142. The Kier molecular flexibility index (Phi) is 5.59. The highest BCUT2D eigenvalue weighted by molar-refractivity contribution is 5.83. The van der Waals surface area contributed by atoms with Crippen LogP contribution in [0.25, 0.3) is 0 Å². The number of carboxylic acid groups (broad SMARTS) is 1. The third-order valence-electron chi connectivity index (χ3n) is 3.18. The predicted molar refractivity (Wildman–Crippen MR) is 66.5 cm³/mol. The molecule has 2 amide bonds. The first kappa shape index (κ1) is 15.3. The molecular formula is C12H20N2O5. The molecule has 1 rings (SSSR count). The van der Waals surface area contributed by atoms with Gasteiger partial charge in [0.2, 0.25) is 0 Å². The maximum atomic E-state index is 11.6. The molecule has 1 fully saturated rings. The fourth-order valence-corrected chi connectivity index (χ4v) is 2.03. The Bertz CT molecular complexity index is 352. The summed E-state index contributed by atoms with van der Waals surface area (Å²) >= 11 is 0. The highest BCUT2D eigenvalue weighted by Crippen LogP contribution is 2.25. The number of urea groups is 1. The molecule has 0 unspecified atom stereocenters. The van der Waals surface area contributed by atoms with Crippen molar-refractivity contribution >= 4 is 18.0 Å². The van der Waals surface area contributed by atoms with Crippen molar-refractivity contribution in [2.45, 2.75) is 44.7 Å². The Balaban J connectivity index is 2.33. The molecule has 0 aromatic rings. The zero-order valence-electron chi connectivity index (χ0n) is 11.1. The maximum absolute atomic E-state index is 11.6. The number of carboxylic acids is 1.